The molecule has 1 aliphatic heterocycles. The summed E-state index contributed by atoms with van der Waals surface area (Å²) in [6.07, 6.45) is 1.67. The summed E-state index contributed by atoms with van der Waals surface area (Å²) < 4.78 is 7.08. The Morgan fingerprint density at radius 2 is 1.89 bits per heavy atom. The number of nitrogens with one attached hydrogen (secondary N) is 2. The van der Waals surface area contributed by atoms with E-state index in [1.54, 1.807) is 0 Å². The van der Waals surface area contributed by atoms with Gasteiger partial charge in [0.1, 0.15) is 5.75 Å². The van der Waals surface area contributed by atoms with Gasteiger partial charge in [-0.15, -0.1) is 10.2 Å². The van der Waals surface area contributed by atoms with E-state index in [0.717, 1.165) is 32.8 Å². The first-order valence-corrected chi connectivity index (χ1v) is 11.8. The van der Waals surface area contributed by atoms with Gasteiger partial charge in [-0.3, -0.25) is 9.59 Å². The fourth-order valence-corrected chi connectivity index (χ4v) is 5.27. The van der Waals surface area contributed by atoms with Gasteiger partial charge in [-0.05, 0) is 12.5 Å². The fourth-order valence-electron chi connectivity index (χ4n) is 2.61. The predicted octanol–water partition coefficient (Wildman–Crippen LogP) is 2.89. The van der Waals surface area contributed by atoms with Crippen LogP contribution < -0.4 is 15.4 Å². The van der Waals surface area contributed by atoms with Crippen LogP contribution in [0.5, 0.6) is 5.75 Å². The summed E-state index contributed by atoms with van der Waals surface area (Å²) in [5, 5.41) is 14.1. The van der Waals surface area contributed by atoms with Crippen molar-refractivity contribution < 1.29 is 14.3 Å². The lowest BCUT2D eigenvalue weighted by molar-refractivity contribution is -0.120. The van der Waals surface area contributed by atoms with Crippen LogP contribution in [0.15, 0.2) is 32.9 Å². The number of fused-ring (bicyclic) bond motifs is 1. The van der Waals surface area contributed by atoms with Crippen LogP contribution >= 0.6 is 34.9 Å². The zero-order valence-electron chi connectivity index (χ0n) is 15.5. The van der Waals surface area contributed by atoms with E-state index in [2.05, 4.69) is 20.8 Å². The maximum Gasteiger partial charge on any atom is 0.230 e. The minimum Gasteiger partial charge on any atom is -0.493 e. The number of hydrogen-bond acceptors (Lipinski definition) is 8. The second-order valence-corrected chi connectivity index (χ2v) is 9.48. The molecule has 3 rings (SSSR count). The smallest absolute Gasteiger partial charge is 0.230 e. The highest BCUT2D eigenvalue weighted by Crippen LogP contribution is 2.32. The number of hydrogen-bond donors (Lipinski definition) is 2. The molecule has 2 amide bonds. The van der Waals surface area contributed by atoms with Crippen LogP contribution in [-0.4, -0.2) is 46.7 Å². The van der Waals surface area contributed by atoms with E-state index in [1.807, 2.05) is 31.2 Å². The summed E-state index contributed by atoms with van der Waals surface area (Å²) in [4.78, 5) is 24.0. The number of nitrogens with zero attached hydrogens (tertiary/aromatic N) is 2. The molecule has 1 unspecified atom stereocenters. The van der Waals surface area contributed by atoms with Gasteiger partial charge in [-0.1, -0.05) is 60.0 Å². The van der Waals surface area contributed by atoms with E-state index in [-0.39, 0.29) is 23.6 Å². The van der Waals surface area contributed by atoms with Crippen molar-refractivity contribution in [2.45, 2.75) is 34.5 Å². The second kappa shape index (κ2) is 10.7. The van der Waals surface area contributed by atoms with Crippen molar-refractivity contribution in [3.05, 3.63) is 29.8 Å². The third-order valence-electron chi connectivity index (χ3n) is 3.91. The van der Waals surface area contributed by atoms with E-state index < -0.39 is 0 Å². The van der Waals surface area contributed by atoms with E-state index in [0.29, 0.717) is 18.9 Å². The van der Waals surface area contributed by atoms with Gasteiger partial charge in [0.15, 0.2) is 8.68 Å². The zero-order chi connectivity index (χ0) is 19.8. The highest BCUT2D eigenvalue weighted by Gasteiger charge is 2.22. The molecule has 1 aromatic heterocycles. The van der Waals surface area contributed by atoms with Crippen molar-refractivity contribution in [2.75, 3.05) is 24.7 Å². The first-order chi connectivity index (χ1) is 13.7. The Hall–Kier alpha value is -1.78. The summed E-state index contributed by atoms with van der Waals surface area (Å²) in [5.74, 6) is 1.38. The Bertz CT molecular complexity index is 815. The molecule has 0 fully saturated rings. The third kappa shape index (κ3) is 6.11. The lowest BCUT2D eigenvalue weighted by atomic mass is 10.0. The zero-order valence-corrected chi connectivity index (χ0v) is 17.9. The average molecular weight is 439 g/mol. The third-order valence-corrected chi connectivity index (χ3v) is 7.10. The molecular weight excluding hydrogens is 416 g/mol. The van der Waals surface area contributed by atoms with Crippen molar-refractivity contribution in [2.24, 2.45) is 0 Å². The van der Waals surface area contributed by atoms with Crippen molar-refractivity contribution in [1.82, 2.24) is 20.8 Å². The van der Waals surface area contributed by atoms with Gasteiger partial charge in [0, 0.05) is 18.5 Å². The van der Waals surface area contributed by atoms with Crippen LogP contribution in [0.2, 0.25) is 0 Å². The predicted molar refractivity (Wildman–Crippen MR) is 112 cm³/mol. The molecule has 10 heteroatoms. The molecule has 2 N–H and O–H groups in total. The number of ether oxygens (including phenoxy) is 1. The molecule has 2 aromatic rings. The van der Waals surface area contributed by atoms with Crippen LogP contribution in [0.4, 0.5) is 0 Å². The largest absolute Gasteiger partial charge is 0.493 e. The summed E-state index contributed by atoms with van der Waals surface area (Å²) in [5.41, 5.74) is 1.02. The molecule has 1 atom stereocenters. The van der Waals surface area contributed by atoms with Gasteiger partial charge in [0.05, 0.1) is 24.2 Å². The molecule has 0 aliphatic carbocycles. The fraction of sp³-hybridized carbons (Fsp3) is 0.444. The Morgan fingerprint density at radius 1 is 1.18 bits per heavy atom. The number of carbonyl (C=O) groups is 2. The Balaban J connectivity index is 1.43. The van der Waals surface area contributed by atoms with Crippen LogP contribution in [-0.2, 0) is 9.59 Å². The van der Waals surface area contributed by atoms with E-state index >= 15 is 0 Å². The molecule has 28 heavy (non-hydrogen) atoms. The SMILES string of the molecule is CCCNC(=O)CSc1nnc(SCC(=O)NC2CCOc3ccccc32)s1. The normalized spacial score (nSPS) is 15.4. The maximum atomic E-state index is 12.3. The van der Waals surface area contributed by atoms with Crippen molar-refractivity contribution >= 4 is 46.7 Å². The number of para-hydroxylation sites is 1. The molecule has 2 heterocycles. The molecule has 7 nitrogen and oxygen atoms in total. The van der Waals surface area contributed by atoms with Crippen LogP contribution in [0.3, 0.4) is 0 Å². The number of amides is 2. The number of thioether (sulfide) groups is 2. The van der Waals surface area contributed by atoms with Crippen molar-refractivity contribution in [3.63, 3.8) is 0 Å². The molecular formula is C18H22N4O3S3. The lowest BCUT2D eigenvalue weighted by Gasteiger charge is -2.26. The van der Waals surface area contributed by atoms with Crippen molar-refractivity contribution in [1.29, 1.82) is 0 Å². The Morgan fingerprint density at radius 3 is 2.64 bits per heavy atom. The molecule has 0 saturated carbocycles. The van der Waals surface area contributed by atoms with Crippen LogP contribution in [0.25, 0.3) is 0 Å². The molecule has 1 aliphatic rings. The van der Waals surface area contributed by atoms with Crippen LogP contribution in [0, 0.1) is 0 Å². The Labute approximate surface area is 176 Å². The minimum atomic E-state index is -0.0463. The highest BCUT2D eigenvalue weighted by molar-refractivity contribution is 8.03. The monoisotopic (exact) mass is 438 g/mol. The quantitative estimate of drug-likeness (QED) is 0.582. The van der Waals surface area contributed by atoms with Gasteiger partial charge < -0.3 is 15.4 Å². The molecule has 0 bridgehead atoms. The highest BCUT2D eigenvalue weighted by atomic mass is 32.2. The summed E-state index contributed by atoms with van der Waals surface area (Å²) in [7, 11) is 0. The standard InChI is InChI=1S/C18H22N4O3S3/c1-2-8-19-15(23)10-26-17-21-22-18(28-17)27-11-16(24)20-13-7-9-25-14-6-4-3-5-12(13)14/h3-6,13H,2,7-11H2,1H3,(H,19,23)(H,20,24). The second-order valence-electron chi connectivity index (χ2n) is 6.06. The first-order valence-electron chi connectivity index (χ1n) is 9.02. The van der Waals surface area contributed by atoms with E-state index in [4.69, 9.17) is 4.74 Å². The minimum absolute atomic E-state index is 0.00706. The van der Waals surface area contributed by atoms with Gasteiger partial charge in [-0.2, -0.15) is 0 Å². The van der Waals surface area contributed by atoms with Crippen molar-refractivity contribution in [3.8, 4) is 5.75 Å². The molecule has 0 saturated heterocycles. The summed E-state index contributed by atoms with van der Waals surface area (Å²) in [6.45, 7) is 3.29. The molecule has 150 valence electrons. The maximum absolute atomic E-state index is 12.3. The van der Waals surface area contributed by atoms with Gasteiger partial charge in [0.2, 0.25) is 11.8 Å². The summed E-state index contributed by atoms with van der Waals surface area (Å²) >= 11 is 4.11. The van der Waals surface area contributed by atoms with Gasteiger partial charge >= 0.3 is 0 Å². The average Bonchev–Trinajstić information content (AvgIpc) is 3.17. The number of carbonyl (C=O) groups excluding carboxylic acids is 2. The molecule has 1 aromatic carbocycles. The summed E-state index contributed by atoms with van der Waals surface area (Å²) in [6, 6.07) is 7.75. The van der Waals surface area contributed by atoms with E-state index in [1.165, 1.54) is 34.9 Å². The molecule has 0 spiro atoms. The lowest BCUT2D eigenvalue weighted by Crippen LogP contribution is -2.33. The van der Waals surface area contributed by atoms with Crippen LogP contribution in [0.1, 0.15) is 31.4 Å². The topological polar surface area (TPSA) is 93.2 Å². The number of aromatic nitrogens is 2. The van der Waals surface area contributed by atoms with E-state index in [9.17, 15) is 9.59 Å². The number of rotatable bonds is 9. The first kappa shape index (κ1) is 20.9. The Kier molecular flexibility index (Phi) is 7.99. The van der Waals surface area contributed by atoms with Gasteiger partial charge in [0.25, 0.3) is 0 Å². The number of benzene rings is 1. The molecule has 0 radical (unpaired) electrons. The van der Waals surface area contributed by atoms with Gasteiger partial charge in [-0.25, -0.2) is 0 Å².